The molecule has 0 aromatic carbocycles. The van der Waals surface area contributed by atoms with Crippen LogP contribution in [-0.2, 0) is 9.53 Å². The molecule has 13 heavy (non-hydrogen) atoms. The number of urea groups is 1. The van der Waals surface area contributed by atoms with Gasteiger partial charge in [0.2, 0.25) is 5.91 Å². The lowest BCUT2D eigenvalue weighted by Crippen LogP contribution is -2.54. The van der Waals surface area contributed by atoms with Crippen LogP contribution in [0.2, 0.25) is 0 Å². The number of primary amides is 1. The number of nitrogens with two attached hydrogens (primary N) is 1. The minimum atomic E-state index is -0.701. The van der Waals surface area contributed by atoms with E-state index in [4.69, 9.17) is 10.5 Å². The van der Waals surface area contributed by atoms with Crippen molar-refractivity contribution in [1.29, 1.82) is 0 Å². The van der Waals surface area contributed by atoms with Crippen molar-refractivity contribution in [3.05, 3.63) is 0 Å². The summed E-state index contributed by atoms with van der Waals surface area (Å²) in [7, 11) is 0. The zero-order valence-corrected chi connectivity index (χ0v) is 7.37. The van der Waals surface area contributed by atoms with E-state index < -0.39 is 12.1 Å². The second kappa shape index (κ2) is 4.08. The van der Waals surface area contributed by atoms with Crippen LogP contribution in [0.5, 0.6) is 0 Å². The standard InChI is InChI=1S/C7H13N3O3/c1-4(9-7(8)12)6(11)10-5-2-13-3-5/h4-5H,2-3H2,1H3,(H,10,11)(H3,8,9,12). The Morgan fingerprint density at radius 2 is 2.15 bits per heavy atom. The van der Waals surface area contributed by atoms with Gasteiger partial charge in [0.15, 0.2) is 0 Å². The van der Waals surface area contributed by atoms with Crippen LogP contribution >= 0.6 is 0 Å². The highest BCUT2D eigenvalue weighted by Gasteiger charge is 2.23. The number of hydrogen-bond donors (Lipinski definition) is 3. The van der Waals surface area contributed by atoms with Crippen molar-refractivity contribution in [3.8, 4) is 0 Å². The van der Waals surface area contributed by atoms with Gasteiger partial charge in [0.05, 0.1) is 19.3 Å². The van der Waals surface area contributed by atoms with Crippen LogP contribution in [0.25, 0.3) is 0 Å². The third-order valence-electron chi connectivity index (χ3n) is 1.74. The maximum Gasteiger partial charge on any atom is 0.312 e. The summed E-state index contributed by atoms with van der Waals surface area (Å²) >= 11 is 0. The highest BCUT2D eigenvalue weighted by molar-refractivity contribution is 5.86. The number of carbonyl (C=O) groups excluding carboxylic acids is 2. The lowest BCUT2D eigenvalue weighted by Gasteiger charge is -2.28. The average Bonchev–Trinajstić information content (AvgIpc) is 1.94. The first-order chi connectivity index (χ1) is 6.09. The fourth-order valence-corrected chi connectivity index (χ4v) is 0.924. The molecular weight excluding hydrogens is 174 g/mol. The molecule has 4 N–H and O–H groups in total. The Bertz CT molecular complexity index is 215. The van der Waals surface area contributed by atoms with E-state index in [0.29, 0.717) is 13.2 Å². The summed E-state index contributed by atoms with van der Waals surface area (Å²) in [5.41, 5.74) is 4.85. The highest BCUT2D eigenvalue weighted by Crippen LogP contribution is 1.99. The lowest BCUT2D eigenvalue weighted by atomic mass is 10.2. The Labute approximate surface area is 75.8 Å². The topological polar surface area (TPSA) is 93.5 Å². The number of ether oxygens (including phenoxy) is 1. The molecule has 1 heterocycles. The molecule has 0 saturated carbocycles. The molecule has 0 spiro atoms. The van der Waals surface area contributed by atoms with E-state index in [1.807, 2.05) is 0 Å². The summed E-state index contributed by atoms with van der Waals surface area (Å²) in [4.78, 5) is 21.6. The van der Waals surface area contributed by atoms with Crippen molar-refractivity contribution in [1.82, 2.24) is 10.6 Å². The summed E-state index contributed by atoms with van der Waals surface area (Å²) in [6.45, 7) is 2.64. The number of carbonyl (C=O) groups is 2. The summed E-state index contributed by atoms with van der Waals surface area (Å²) in [6.07, 6.45) is 0. The number of rotatable bonds is 3. The summed E-state index contributed by atoms with van der Waals surface area (Å²) in [5.74, 6) is -0.243. The zero-order chi connectivity index (χ0) is 9.84. The largest absolute Gasteiger partial charge is 0.377 e. The minimum absolute atomic E-state index is 0.0737. The predicted octanol–water partition coefficient (Wildman–Crippen LogP) is -1.44. The van der Waals surface area contributed by atoms with Crippen LogP contribution in [0.4, 0.5) is 4.79 Å². The molecule has 1 aliphatic heterocycles. The van der Waals surface area contributed by atoms with Crippen LogP contribution in [0.3, 0.4) is 0 Å². The number of hydrogen-bond acceptors (Lipinski definition) is 3. The lowest BCUT2D eigenvalue weighted by molar-refractivity contribution is -0.126. The fourth-order valence-electron chi connectivity index (χ4n) is 0.924. The predicted molar refractivity (Wildman–Crippen MR) is 44.9 cm³/mol. The molecule has 1 fully saturated rings. The molecule has 0 aromatic heterocycles. The molecule has 0 aliphatic carbocycles. The van der Waals surface area contributed by atoms with Gasteiger partial charge in [-0.15, -0.1) is 0 Å². The summed E-state index contributed by atoms with van der Waals surface area (Å²) < 4.78 is 4.87. The number of nitrogens with one attached hydrogen (secondary N) is 2. The van der Waals surface area contributed by atoms with E-state index in [1.54, 1.807) is 6.92 Å². The van der Waals surface area contributed by atoms with Crippen LogP contribution in [0.1, 0.15) is 6.92 Å². The Kier molecular flexibility index (Phi) is 3.07. The Morgan fingerprint density at radius 3 is 2.54 bits per heavy atom. The Balaban J connectivity index is 2.24. The van der Waals surface area contributed by atoms with Gasteiger partial charge >= 0.3 is 6.03 Å². The van der Waals surface area contributed by atoms with Gasteiger partial charge in [0.25, 0.3) is 0 Å². The van der Waals surface area contributed by atoms with E-state index in [2.05, 4.69) is 10.6 Å². The molecule has 1 aliphatic rings. The molecule has 6 nitrogen and oxygen atoms in total. The first-order valence-electron chi connectivity index (χ1n) is 4.03. The third kappa shape index (κ3) is 2.90. The molecule has 0 aromatic rings. The molecule has 0 radical (unpaired) electrons. The van der Waals surface area contributed by atoms with Crippen molar-refractivity contribution in [3.63, 3.8) is 0 Å². The molecule has 0 bridgehead atoms. The first-order valence-corrected chi connectivity index (χ1v) is 4.03. The quantitative estimate of drug-likeness (QED) is 0.505. The van der Waals surface area contributed by atoms with Crippen LogP contribution in [-0.4, -0.2) is 37.2 Å². The molecule has 6 heteroatoms. The van der Waals surface area contributed by atoms with Gasteiger partial charge in [-0.25, -0.2) is 4.79 Å². The molecular formula is C7H13N3O3. The molecule has 1 atom stereocenters. The van der Waals surface area contributed by atoms with Crippen molar-refractivity contribution < 1.29 is 14.3 Å². The first kappa shape index (κ1) is 9.79. The van der Waals surface area contributed by atoms with E-state index >= 15 is 0 Å². The molecule has 74 valence electrons. The van der Waals surface area contributed by atoms with E-state index in [1.165, 1.54) is 0 Å². The average molecular weight is 187 g/mol. The highest BCUT2D eigenvalue weighted by atomic mass is 16.5. The van der Waals surface area contributed by atoms with Crippen LogP contribution in [0, 0.1) is 0 Å². The second-order valence-electron chi connectivity index (χ2n) is 2.97. The Hall–Kier alpha value is -1.30. The van der Waals surface area contributed by atoms with E-state index in [-0.39, 0.29) is 11.9 Å². The number of amides is 3. The molecule has 1 rings (SSSR count). The minimum Gasteiger partial charge on any atom is -0.377 e. The van der Waals surface area contributed by atoms with Gasteiger partial charge in [0, 0.05) is 0 Å². The van der Waals surface area contributed by atoms with Crippen LogP contribution < -0.4 is 16.4 Å². The SMILES string of the molecule is CC(NC(N)=O)C(=O)NC1COC1. The van der Waals surface area contributed by atoms with Crippen LogP contribution in [0.15, 0.2) is 0 Å². The molecule has 1 unspecified atom stereocenters. The van der Waals surface area contributed by atoms with Gasteiger partial charge < -0.3 is 21.1 Å². The van der Waals surface area contributed by atoms with Crippen molar-refractivity contribution in [2.75, 3.05) is 13.2 Å². The fraction of sp³-hybridized carbons (Fsp3) is 0.714. The zero-order valence-electron chi connectivity index (χ0n) is 7.37. The van der Waals surface area contributed by atoms with Gasteiger partial charge in [-0.1, -0.05) is 0 Å². The van der Waals surface area contributed by atoms with Crippen molar-refractivity contribution in [2.45, 2.75) is 19.0 Å². The van der Waals surface area contributed by atoms with Gasteiger partial charge in [-0.05, 0) is 6.92 Å². The maximum atomic E-state index is 11.2. The molecule has 1 saturated heterocycles. The normalized spacial score (nSPS) is 18.5. The van der Waals surface area contributed by atoms with E-state index in [9.17, 15) is 9.59 Å². The van der Waals surface area contributed by atoms with Gasteiger partial charge in [-0.3, -0.25) is 4.79 Å². The third-order valence-corrected chi connectivity index (χ3v) is 1.74. The maximum absolute atomic E-state index is 11.2. The van der Waals surface area contributed by atoms with Gasteiger partial charge in [-0.2, -0.15) is 0 Å². The molecule has 3 amide bonds. The smallest absolute Gasteiger partial charge is 0.312 e. The second-order valence-corrected chi connectivity index (χ2v) is 2.97. The summed E-state index contributed by atoms with van der Waals surface area (Å²) in [6, 6.07) is -1.23. The monoisotopic (exact) mass is 187 g/mol. The Morgan fingerprint density at radius 1 is 1.54 bits per heavy atom. The van der Waals surface area contributed by atoms with Crippen molar-refractivity contribution >= 4 is 11.9 Å². The van der Waals surface area contributed by atoms with Crippen molar-refractivity contribution in [2.24, 2.45) is 5.73 Å². The summed E-state index contributed by atoms with van der Waals surface area (Å²) in [5, 5.41) is 4.97. The van der Waals surface area contributed by atoms with E-state index in [0.717, 1.165) is 0 Å². The van der Waals surface area contributed by atoms with Gasteiger partial charge in [0.1, 0.15) is 6.04 Å².